The van der Waals surface area contributed by atoms with Crippen molar-refractivity contribution < 1.29 is 19.1 Å². The van der Waals surface area contributed by atoms with E-state index in [0.29, 0.717) is 18.8 Å². The van der Waals surface area contributed by atoms with Crippen molar-refractivity contribution >= 4 is 12.1 Å². The third-order valence-electron chi connectivity index (χ3n) is 5.77. The fourth-order valence-electron chi connectivity index (χ4n) is 4.45. The van der Waals surface area contributed by atoms with Crippen LogP contribution in [-0.2, 0) is 20.7 Å². The Hall–Kier alpha value is -2.11. The van der Waals surface area contributed by atoms with E-state index in [1.165, 1.54) is 19.3 Å². The molecule has 0 spiro atoms. The van der Waals surface area contributed by atoms with Crippen LogP contribution in [0.4, 0.5) is 4.79 Å². The molecule has 160 valence electrons. The number of esters is 1. The number of aromatic nitrogens is 1. The number of hydrogen-bond acceptors (Lipinski definition) is 5. The van der Waals surface area contributed by atoms with Crippen LogP contribution < -0.4 is 5.32 Å². The van der Waals surface area contributed by atoms with E-state index in [1.807, 2.05) is 39.0 Å². The van der Waals surface area contributed by atoms with Crippen LogP contribution in [0.25, 0.3) is 0 Å². The number of ether oxygens (including phenoxy) is 2. The number of pyridine rings is 1. The van der Waals surface area contributed by atoms with Crippen LogP contribution in [0.15, 0.2) is 24.4 Å². The lowest BCUT2D eigenvalue weighted by Gasteiger charge is -2.30. The number of rotatable bonds is 6. The largest absolute Gasteiger partial charge is 0.462 e. The lowest BCUT2D eigenvalue weighted by molar-refractivity contribution is -0.145. The van der Waals surface area contributed by atoms with Crippen LogP contribution in [0, 0.1) is 11.8 Å². The summed E-state index contributed by atoms with van der Waals surface area (Å²) in [4.78, 5) is 29.5. The van der Waals surface area contributed by atoms with E-state index in [9.17, 15) is 9.59 Å². The maximum atomic E-state index is 12.7. The zero-order valence-corrected chi connectivity index (χ0v) is 17.9. The number of nitrogens with zero attached hydrogens (tertiary/aromatic N) is 1. The molecule has 6 nitrogen and oxygen atoms in total. The van der Waals surface area contributed by atoms with Gasteiger partial charge in [0.15, 0.2) is 0 Å². The van der Waals surface area contributed by atoms with Gasteiger partial charge in [-0.1, -0.05) is 38.2 Å². The topological polar surface area (TPSA) is 77.5 Å². The summed E-state index contributed by atoms with van der Waals surface area (Å²) >= 11 is 0. The maximum Gasteiger partial charge on any atom is 0.407 e. The van der Waals surface area contributed by atoms with Gasteiger partial charge in [0.2, 0.25) is 0 Å². The molecular weight excluding hydrogens is 368 g/mol. The molecule has 1 aromatic heterocycles. The highest BCUT2D eigenvalue weighted by Crippen LogP contribution is 2.33. The van der Waals surface area contributed by atoms with Crippen LogP contribution in [-0.4, -0.2) is 34.8 Å². The number of hydrogen-bond donors (Lipinski definition) is 1. The fraction of sp³-hybridized carbons (Fsp3) is 0.696. The molecule has 3 rings (SSSR count). The average molecular weight is 403 g/mol. The fourth-order valence-corrected chi connectivity index (χ4v) is 4.45. The molecule has 6 heteroatoms. The Balaban J connectivity index is 1.66. The molecule has 1 aliphatic carbocycles. The molecule has 1 N–H and O–H groups in total. The van der Waals surface area contributed by atoms with E-state index in [2.05, 4.69) is 10.3 Å². The van der Waals surface area contributed by atoms with E-state index in [0.717, 1.165) is 25.0 Å². The first kappa shape index (κ1) is 21.6. The highest BCUT2D eigenvalue weighted by atomic mass is 16.6. The summed E-state index contributed by atoms with van der Waals surface area (Å²) in [5, 5.41) is 3.00. The molecule has 3 atom stereocenters. The maximum absolute atomic E-state index is 12.7. The lowest BCUT2D eigenvalue weighted by Crippen LogP contribution is -2.45. The van der Waals surface area contributed by atoms with Crippen LogP contribution in [0.5, 0.6) is 0 Å². The van der Waals surface area contributed by atoms with E-state index in [-0.39, 0.29) is 24.0 Å². The minimum Gasteiger partial charge on any atom is -0.462 e. The zero-order valence-electron chi connectivity index (χ0n) is 17.9. The van der Waals surface area contributed by atoms with Gasteiger partial charge in [0.25, 0.3) is 0 Å². The van der Waals surface area contributed by atoms with Crippen molar-refractivity contribution in [2.45, 2.75) is 89.9 Å². The first-order valence-corrected chi connectivity index (χ1v) is 10.9. The van der Waals surface area contributed by atoms with Crippen molar-refractivity contribution in [3.8, 4) is 0 Å². The number of carbonyl (C=O) groups is 2. The van der Waals surface area contributed by atoms with Gasteiger partial charge in [-0.15, -0.1) is 0 Å². The van der Waals surface area contributed by atoms with Crippen molar-refractivity contribution in [2.75, 3.05) is 0 Å². The molecule has 1 saturated carbocycles. The molecule has 0 radical (unpaired) electrons. The van der Waals surface area contributed by atoms with Crippen molar-refractivity contribution in [1.29, 1.82) is 0 Å². The van der Waals surface area contributed by atoms with Gasteiger partial charge in [-0.2, -0.15) is 0 Å². The van der Waals surface area contributed by atoms with Crippen LogP contribution >= 0.6 is 0 Å². The predicted octanol–water partition coefficient (Wildman–Crippen LogP) is 4.42. The summed E-state index contributed by atoms with van der Waals surface area (Å²) in [5.41, 5.74) is 0.340. The monoisotopic (exact) mass is 402 g/mol. The molecule has 1 amide bonds. The third-order valence-corrected chi connectivity index (χ3v) is 5.77. The first-order chi connectivity index (χ1) is 13.8. The van der Waals surface area contributed by atoms with Gasteiger partial charge in [-0.05, 0) is 45.2 Å². The molecule has 1 saturated heterocycles. The number of amides is 1. The van der Waals surface area contributed by atoms with Gasteiger partial charge in [-0.3, -0.25) is 9.78 Å². The predicted molar refractivity (Wildman–Crippen MR) is 110 cm³/mol. The zero-order chi connectivity index (χ0) is 20.9. The molecule has 2 fully saturated rings. The Kier molecular flexibility index (Phi) is 7.14. The van der Waals surface area contributed by atoms with Gasteiger partial charge < -0.3 is 14.8 Å². The quantitative estimate of drug-likeness (QED) is 0.713. The van der Waals surface area contributed by atoms with Gasteiger partial charge >= 0.3 is 12.1 Å². The van der Waals surface area contributed by atoms with E-state index in [4.69, 9.17) is 9.47 Å². The van der Waals surface area contributed by atoms with Crippen LogP contribution in [0.1, 0.15) is 71.4 Å². The summed E-state index contributed by atoms with van der Waals surface area (Å²) in [6, 6.07) is 5.50. The molecule has 2 aliphatic rings. The highest BCUT2D eigenvalue weighted by molar-refractivity contribution is 5.77. The van der Waals surface area contributed by atoms with E-state index < -0.39 is 11.7 Å². The summed E-state index contributed by atoms with van der Waals surface area (Å²) in [7, 11) is 0. The SMILES string of the molecule is CC(C)(C)OC(=O)N[C@@H](CC1CCCCC1)[C@H]1C[C@@H](Cc2ccccn2)OC1=O. The Morgan fingerprint density at radius 1 is 1.28 bits per heavy atom. The van der Waals surface area contributed by atoms with Gasteiger partial charge in [0.05, 0.1) is 5.92 Å². The van der Waals surface area contributed by atoms with Crippen LogP contribution in [0.2, 0.25) is 0 Å². The Morgan fingerprint density at radius 2 is 2.03 bits per heavy atom. The lowest BCUT2D eigenvalue weighted by atomic mass is 9.81. The average Bonchev–Trinajstić information content (AvgIpc) is 3.01. The Labute approximate surface area is 173 Å². The second-order valence-corrected chi connectivity index (χ2v) is 9.42. The Morgan fingerprint density at radius 3 is 2.69 bits per heavy atom. The minimum atomic E-state index is -0.572. The second-order valence-electron chi connectivity index (χ2n) is 9.42. The molecule has 2 heterocycles. The molecule has 29 heavy (non-hydrogen) atoms. The van der Waals surface area contributed by atoms with Gasteiger partial charge in [0, 0.05) is 30.8 Å². The van der Waals surface area contributed by atoms with Crippen molar-refractivity contribution in [1.82, 2.24) is 10.3 Å². The third kappa shape index (κ3) is 6.72. The number of cyclic esters (lactones) is 1. The van der Waals surface area contributed by atoms with Gasteiger partial charge in [-0.25, -0.2) is 4.79 Å². The van der Waals surface area contributed by atoms with Crippen LogP contribution in [0.3, 0.4) is 0 Å². The van der Waals surface area contributed by atoms with E-state index >= 15 is 0 Å². The summed E-state index contributed by atoms with van der Waals surface area (Å²) in [5.74, 6) is -0.0210. The van der Waals surface area contributed by atoms with Gasteiger partial charge in [0.1, 0.15) is 11.7 Å². The molecule has 0 bridgehead atoms. The highest BCUT2D eigenvalue weighted by Gasteiger charge is 2.41. The van der Waals surface area contributed by atoms with E-state index in [1.54, 1.807) is 6.20 Å². The minimum absolute atomic E-state index is 0.198. The number of alkyl carbamates (subject to hydrolysis) is 1. The normalized spacial score (nSPS) is 24.0. The molecule has 1 aromatic rings. The Bertz CT molecular complexity index is 680. The summed E-state index contributed by atoms with van der Waals surface area (Å²) in [6.45, 7) is 5.53. The molecule has 0 unspecified atom stereocenters. The second kappa shape index (κ2) is 9.59. The smallest absolute Gasteiger partial charge is 0.407 e. The molecule has 0 aromatic carbocycles. The molecular formula is C23H34N2O4. The number of carbonyl (C=O) groups excluding carboxylic acids is 2. The first-order valence-electron chi connectivity index (χ1n) is 10.9. The summed E-state index contributed by atoms with van der Waals surface area (Å²) < 4.78 is 11.1. The number of nitrogens with one attached hydrogen (secondary N) is 1. The van der Waals surface area contributed by atoms with Crippen molar-refractivity contribution in [3.05, 3.63) is 30.1 Å². The molecule has 1 aliphatic heterocycles. The standard InChI is InChI=1S/C23H34N2O4/c1-23(2,3)29-22(27)25-20(13-16-9-5-4-6-10-16)19-15-18(28-21(19)26)14-17-11-7-8-12-24-17/h7-8,11-12,16,18-20H,4-6,9-10,13-15H2,1-3H3,(H,25,27)/t18-,19-,20+/m1/s1. The summed E-state index contributed by atoms with van der Waals surface area (Å²) in [6.07, 6.45) is 9.14. The van der Waals surface area contributed by atoms with Crippen molar-refractivity contribution in [3.63, 3.8) is 0 Å². The van der Waals surface area contributed by atoms with Crippen molar-refractivity contribution in [2.24, 2.45) is 11.8 Å².